The van der Waals surface area contributed by atoms with Crippen molar-refractivity contribution in [2.24, 2.45) is 5.92 Å². The van der Waals surface area contributed by atoms with E-state index >= 15 is 0 Å². The highest BCUT2D eigenvalue weighted by atomic mass is 32.2. The fourth-order valence-corrected chi connectivity index (χ4v) is 4.31. The molecule has 3 aromatic rings. The Labute approximate surface area is 192 Å². The first-order chi connectivity index (χ1) is 15.2. The molecule has 1 aliphatic heterocycles. The van der Waals surface area contributed by atoms with Crippen molar-refractivity contribution in [1.82, 2.24) is 25.3 Å². The van der Waals surface area contributed by atoms with Gasteiger partial charge in [-0.3, -0.25) is 0 Å². The van der Waals surface area contributed by atoms with Crippen LogP contribution in [0.15, 0.2) is 65.0 Å². The number of hydrogen-bond donors (Lipinski definition) is 2. The van der Waals surface area contributed by atoms with Gasteiger partial charge in [-0.25, -0.2) is 15.0 Å². The Bertz CT molecular complexity index is 1000. The van der Waals surface area contributed by atoms with Gasteiger partial charge in [0.05, 0.1) is 0 Å². The van der Waals surface area contributed by atoms with Crippen LogP contribution in [-0.4, -0.2) is 38.1 Å². The highest BCUT2D eigenvalue weighted by Crippen LogP contribution is 2.29. The third-order valence-electron chi connectivity index (χ3n) is 4.93. The van der Waals surface area contributed by atoms with Crippen LogP contribution < -0.4 is 15.5 Å². The first-order valence-electron chi connectivity index (χ1n) is 10.3. The molecule has 160 valence electrons. The molecule has 1 aromatic carbocycles. The Morgan fingerprint density at radius 1 is 1.16 bits per heavy atom. The smallest absolute Gasteiger partial charge is 0.232 e. The number of aromatic nitrogens is 4. The molecule has 0 saturated carbocycles. The Hall–Kier alpha value is -2.78. The van der Waals surface area contributed by atoms with E-state index in [4.69, 9.17) is 17.2 Å². The minimum atomic E-state index is 0.472. The van der Waals surface area contributed by atoms with E-state index in [1.54, 1.807) is 18.5 Å². The van der Waals surface area contributed by atoms with E-state index in [0.717, 1.165) is 35.9 Å². The molecule has 1 atom stereocenters. The molecule has 2 aromatic heterocycles. The lowest BCUT2D eigenvalue weighted by Gasteiger charge is -2.32. The van der Waals surface area contributed by atoms with Crippen molar-refractivity contribution in [3.8, 4) is 0 Å². The zero-order chi connectivity index (χ0) is 21.5. The van der Waals surface area contributed by atoms with Crippen molar-refractivity contribution in [1.29, 1.82) is 0 Å². The number of anilines is 2. The summed E-state index contributed by atoms with van der Waals surface area (Å²) in [6, 6.07) is 13.9. The van der Waals surface area contributed by atoms with Crippen LogP contribution in [0.25, 0.3) is 0 Å². The highest BCUT2D eigenvalue weighted by Gasteiger charge is 2.20. The molecule has 31 heavy (non-hydrogen) atoms. The molecule has 0 aliphatic carbocycles. The lowest BCUT2D eigenvalue weighted by molar-refractivity contribution is 0.444. The number of rotatable bonds is 6. The van der Waals surface area contributed by atoms with E-state index in [1.807, 2.05) is 24.3 Å². The fraction of sp³-hybridized carbons (Fsp3) is 0.318. The first-order valence-corrected chi connectivity index (χ1v) is 11.6. The summed E-state index contributed by atoms with van der Waals surface area (Å²) in [5, 5.41) is 8.28. The Morgan fingerprint density at radius 3 is 2.74 bits per heavy atom. The molecule has 1 aliphatic rings. The van der Waals surface area contributed by atoms with Crippen molar-refractivity contribution in [3.05, 3.63) is 60.4 Å². The van der Waals surface area contributed by atoms with Gasteiger partial charge < -0.3 is 15.5 Å². The zero-order valence-electron chi connectivity index (χ0n) is 17.4. The van der Waals surface area contributed by atoms with Gasteiger partial charge in [0.15, 0.2) is 10.3 Å². The monoisotopic (exact) mass is 451 g/mol. The summed E-state index contributed by atoms with van der Waals surface area (Å²) in [6.07, 6.45) is 5.87. The summed E-state index contributed by atoms with van der Waals surface area (Å²) in [5.74, 6) is 2.01. The van der Waals surface area contributed by atoms with Gasteiger partial charge in [-0.15, -0.1) is 0 Å². The molecule has 4 rings (SSSR count). The predicted molar refractivity (Wildman–Crippen MR) is 128 cm³/mol. The van der Waals surface area contributed by atoms with Crippen molar-refractivity contribution in [3.63, 3.8) is 0 Å². The van der Waals surface area contributed by atoms with Gasteiger partial charge in [0.2, 0.25) is 5.95 Å². The predicted octanol–water partition coefficient (Wildman–Crippen LogP) is 4.14. The number of piperidine rings is 1. The number of hydrogen-bond acceptors (Lipinski definition) is 7. The second-order valence-electron chi connectivity index (χ2n) is 7.51. The first kappa shape index (κ1) is 21.5. The summed E-state index contributed by atoms with van der Waals surface area (Å²) >= 11 is 6.89. The van der Waals surface area contributed by atoms with Crippen molar-refractivity contribution >= 4 is 40.9 Å². The lowest BCUT2D eigenvalue weighted by Crippen LogP contribution is -2.35. The normalized spacial score (nSPS) is 16.0. The molecule has 1 saturated heterocycles. The van der Waals surface area contributed by atoms with Crippen LogP contribution in [0.3, 0.4) is 0 Å². The molecular formula is C22H25N7S2. The number of nitrogens with one attached hydrogen (secondary N) is 2. The molecule has 2 N–H and O–H groups in total. The molecule has 3 heterocycles. The molecule has 0 amide bonds. The third kappa shape index (κ3) is 6.35. The average molecular weight is 452 g/mol. The summed E-state index contributed by atoms with van der Waals surface area (Å²) in [6.45, 7) is 4.89. The number of nitrogens with zero attached hydrogens (tertiary/aromatic N) is 5. The fourth-order valence-electron chi connectivity index (χ4n) is 3.44. The minimum Gasteiger partial charge on any atom is -0.358 e. The molecule has 1 fully saturated rings. The Morgan fingerprint density at radius 2 is 1.97 bits per heavy atom. The SMILES string of the molecule is CC1CCCN(c2cc(Sc3ncccn3)nc(NC(=S)NCc3ccccc3)n2)C1. The van der Waals surface area contributed by atoms with E-state index in [1.165, 1.54) is 18.2 Å². The maximum atomic E-state index is 5.48. The van der Waals surface area contributed by atoms with E-state index in [9.17, 15) is 0 Å². The molecule has 9 heteroatoms. The van der Waals surface area contributed by atoms with Gasteiger partial charge in [0.25, 0.3) is 0 Å². The van der Waals surface area contributed by atoms with Gasteiger partial charge in [0.1, 0.15) is 10.8 Å². The van der Waals surface area contributed by atoms with Crippen LogP contribution in [0, 0.1) is 5.92 Å². The molecule has 7 nitrogen and oxygen atoms in total. The summed E-state index contributed by atoms with van der Waals surface area (Å²) in [4.78, 5) is 20.3. The van der Waals surface area contributed by atoms with Crippen molar-refractivity contribution < 1.29 is 0 Å². The highest BCUT2D eigenvalue weighted by molar-refractivity contribution is 7.99. The molecular weight excluding hydrogens is 426 g/mol. The Kier molecular flexibility index (Phi) is 7.26. The molecule has 0 spiro atoms. The van der Waals surface area contributed by atoms with Crippen molar-refractivity contribution in [2.75, 3.05) is 23.3 Å². The standard InChI is InChI=1S/C22H25N7S2/c1-16-7-5-12-29(15-16)18-13-19(31-22-23-10-6-11-24-22)27-20(26-18)28-21(30)25-14-17-8-3-2-4-9-17/h2-4,6,8-11,13,16H,5,7,12,14-15H2,1H3,(H2,25,26,27,28,30). The van der Waals surface area contributed by atoms with Crippen LogP contribution in [-0.2, 0) is 6.54 Å². The number of benzene rings is 1. The maximum absolute atomic E-state index is 5.48. The van der Waals surface area contributed by atoms with Crippen molar-refractivity contribution in [2.45, 2.75) is 36.5 Å². The zero-order valence-corrected chi connectivity index (χ0v) is 19.0. The van der Waals surface area contributed by atoms with E-state index < -0.39 is 0 Å². The van der Waals surface area contributed by atoms with E-state index in [2.05, 4.69) is 49.5 Å². The number of thiocarbonyl (C=S) groups is 1. The average Bonchev–Trinajstić information content (AvgIpc) is 2.79. The topological polar surface area (TPSA) is 78.9 Å². The van der Waals surface area contributed by atoms with Crippen LogP contribution in [0.1, 0.15) is 25.3 Å². The third-order valence-corrected chi connectivity index (χ3v) is 5.99. The van der Waals surface area contributed by atoms with Gasteiger partial charge in [-0.1, -0.05) is 37.3 Å². The lowest BCUT2D eigenvalue weighted by atomic mass is 10.0. The molecule has 0 bridgehead atoms. The minimum absolute atomic E-state index is 0.472. The Balaban J connectivity index is 1.51. The van der Waals surface area contributed by atoms with Crippen LogP contribution in [0.5, 0.6) is 0 Å². The summed E-state index contributed by atoms with van der Waals surface area (Å²) in [7, 11) is 0. The second-order valence-corrected chi connectivity index (χ2v) is 8.90. The van der Waals surface area contributed by atoms with E-state index in [0.29, 0.717) is 28.7 Å². The van der Waals surface area contributed by atoms with Gasteiger partial charge >= 0.3 is 0 Å². The van der Waals surface area contributed by atoms with Gasteiger partial charge in [0, 0.05) is 38.1 Å². The summed E-state index contributed by atoms with van der Waals surface area (Å²) < 4.78 is 0. The van der Waals surface area contributed by atoms with Gasteiger partial charge in [-0.2, -0.15) is 4.98 Å². The largest absolute Gasteiger partial charge is 0.358 e. The van der Waals surface area contributed by atoms with Crippen LogP contribution in [0.4, 0.5) is 11.8 Å². The van der Waals surface area contributed by atoms with Crippen LogP contribution in [0.2, 0.25) is 0 Å². The molecule has 1 unspecified atom stereocenters. The second kappa shape index (κ2) is 10.5. The van der Waals surface area contributed by atoms with Gasteiger partial charge in [-0.05, 0) is 54.4 Å². The summed E-state index contributed by atoms with van der Waals surface area (Å²) in [5.41, 5.74) is 1.15. The van der Waals surface area contributed by atoms with Crippen LogP contribution >= 0.6 is 24.0 Å². The van der Waals surface area contributed by atoms with E-state index in [-0.39, 0.29) is 0 Å². The molecule has 0 radical (unpaired) electrons. The quantitative estimate of drug-likeness (QED) is 0.326. The maximum Gasteiger partial charge on any atom is 0.232 e.